The summed E-state index contributed by atoms with van der Waals surface area (Å²) >= 11 is 5.90. The van der Waals surface area contributed by atoms with Crippen LogP contribution in [0.3, 0.4) is 0 Å². The second-order valence-electron chi connectivity index (χ2n) is 8.79. The molecule has 5 rings (SSSR count). The lowest BCUT2D eigenvalue weighted by atomic mass is 10.0. The summed E-state index contributed by atoms with van der Waals surface area (Å²) in [7, 11) is 2.19. The molecule has 0 bridgehead atoms. The van der Waals surface area contributed by atoms with E-state index in [0.29, 0.717) is 22.9 Å². The maximum Gasteiger partial charge on any atom is 0.344 e. The third-order valence-corrected chi connectivity index (χ3v) is 6.79. The van der Waals surface area contributed by atoms with Crippen molar-refractivity contribution in [3.63, 3.8) is 0 Å². The Morgan fingerprint density at radius 3 is 2.50 bits per heavy atom. The highest BCUT2D eigenvalue weighted by molar-refractivity contribution is 6.30. The topological polar surface area (TPSA) is 63.5 Å². The monoisotopic (exact) mass is 451 g/mol. The smallest absolute Gasteiger partial charge is 0.344 e. The van der Waals surface area contributed by atoms with Gasteiger partial charge in [-0.15, -0.1) is 0 Å². The Labute approximate surface area is 192 Å². The van der Waals surface area contributed by atoms with Gasteiger partial charge >= 0.3 is 6.03 Å². The molecule has 3 heterocycles. The van der Waals surface area contributed by atoms with Gasteiger partial charge in [-0.05, 0) is 61.6 Å². The average Bonchev–Trinajstić information content (AvgIpc) is 3.50. The standard InChI is InChI=1S/C24H26ClN5O2/c1-28(13-17-4-6-22(7-5-17)32-23-3-2-8-26-12-23)21-9-18-14-29(15-19(18)10-21)24(31)30-16-20(25)11-27-30/h2-8,11-12,16,18-19,21H,9-10,13-15H2,1H3/t18-,19+,21?. The lowest BCUT2D eigenvalue weighted by Gasteiger charge is -2.26. The summed E-state index contributed by atoms with van der Waals surface area (Å²) in [5.41, 5.74) is 1.26. The fourth-order valence-corrected chi connectivity index (χ4v) is 5.09. The second-order valence-corrected chi connectivity index (χ2v) is 9.22. The van der Waals surface area contributed by atoms with Crippen LogP contribution in [0.4, 0.5) is 4.79 Å². The molecular weight excluding hydrogens is 426 g/mol. The minimum absolute atomic E-state index is 0.0789. The van der Waals surface area contributed by atoms with Gasteiger partial charge in [-0.25, -0.2) is 4.79 Å². The first kappa shape index (κ1) is 21.0. The molecule has 1 unspecified atom stereocenters. The van der Waals surface area contributed by atoms with E-state index < -0.39 is 0 Å². The van der Waals surface area contributed by atoms with E-state index in [1.165, 1.54) is 16.4 Å². The molecule has 32 heavy (non-hydrogen) atoms. The Morgan fingerprint density at radius 1 is 1.12 bits per heavy atom. The minimum Gasteiger partial charge on any atom is -0.456 e. The lowest BCUT2D eigenvalue weighted by Crippen LogP contribution is -2.36. The molecule has 1 aliphatic heterocycles. The molecule has 1 aromatic carbocycles. The number of hydrogen-bond acceptors (Lipinski definition) is 5. The number of amides is 1. The highest BCUT2D eigenvalue weighted by Gasteiger charge is 2.43. The number of rotatable bonds is 5. The van der Waals surface area contributed by atoms with Gasteiger partial charge in [0.2, 0.25) is 0 Å². The molecule has 1 aliphatic carbocycles. The molecular formula is C24H26ClN5O2. The molecule has 2 fully saturated rings. The molecule has 2 aromatic heterocycles. The fraction of sp³-hybridized carbons (Fsp3) is 0.375. The predicted molar refractivity (Wildman–Crippen MR) is 122 cm³/mol. The molecule has 7 nitrogen and oxygen atoms in total. The van der Waals surface area contributed by atoms with E-state index in [2.05, 4.69) is 34.2 Å². The van der Waals surface area contributed by atoms with Gasteiger partial charge in [0, 0.05) is 31.9 Å². The number of benzene rings is 1. The molecule has 3 atom stereocenters. The van der Waals surface area contributed by atoms with Gasteiger partial charge in [0.15, 0.2) is 0 Å². The zero-order valence-electron chi connectivity index (χ0n) is 18.0. The Morgan fingerprint density at radius 2 is 1.88 bits per heavy atom. The first-order chi connectivity index (χ1) is 15.5. The summed E-state index contributed by atoms with van der Waals surface area (Å²) in [6, 6.07) is 12.5. The molecule has 166 valence electrons. The van der Waals surface area contributed by atoms with Crippen molar-refractivity contribution in [3.05, 3.63) is 71.8 Å². The maximum absolute atomic E-state index is 12.6. The van der Waals surface area contributed by atoms with E-state index in [-0.39, 0.29) is 6.03 Å². The Kier molecular flexibility index (Phi) is 5.85. The van der Waals surface area contributed by atoms with Gasteiger partial charge in [-0.1, -0.05) is 23.7 Å². The van der Waals surface area contributed by atoms with Crippen molar-refractivity contribution in [2.45, 2.75) is 25.4 Å². The number of nitrogens with zero attached hydrogens (tertiary/aromatic N) is 5. The van der Waals surface area contributed by atoms with Crippen molar-refractivity contribution in [2.75, 3.05) is 20.1 Å². The van der Waals surface area contributed by atoms with Gasteiger partial charge in [-0.2, -0.15) is 9.78 Å². The molecule has 1 saturated carbocycles. The number of carbonyl (C=O) groups excluding carboxylic acids is 1. The number of ether oxygens (including phenoxy) is 1. The Hall–Kier alpha value is -2.90. The number of fused-ring (bicyclic) bond motifs is 1. The summed E-state index contributed by atoms with van der Waals surface area (Å²) in [4.78, 5) is 21.1. The molecule has 1 saturated heterocycles. The first-order valence-corrected chi connectivity index (χ1v) is 11.3. The van der Waals surface area contributed by atoms with Crippen molar-refractivity contribution in [1.82, 2.24) is 24.6 Å². The quantitative estimate of drug-likeness (QED) is 0.570. The van der Waals surface area contributed by atoms with Crippen LogP contribution in [0.15, 0.2) is 61.2 Å². The van der Waals surface area contributed by atoms with Crippen LogP contribution in [0.25, 0.3) is 0 Å². The summed E-state index contributed by atoms with van der Waals surface area (Å²) in [6.45, 7) is 2.49. The molecule has 0 spiro atoms. The summed E-state index contributed by atoms with van der Waals surface area (Å²) in [6.07, 6.45) is 8.74. The van der Waals surface area contributed by atoms with Crippen molar-refractivity contribution in [1.29, 1.82) is 0 Å². The number of halogens is 1. The third-order valence-electron chi connectivity index (χ3n) is 6.59. The number of pyridine rings is 1. The van der Waals surface area contributed by atoms with E-state index in [9.17, 15) is 4.79 Å². The maximum atomic E-state index is 12.6. The zero-order valence-corrected chi connectivity index (χ0v) is 18.7. The van der Waals surface area contributed by atoms with E-state index >= 15 is 0 Å². The summed E-state index contributed by atoms with van der Waals surface area (Å²) in [5, 5.41) is 4.53. The van der Waals surface area contributed by atoms with Crippen molar-refractivity contribution in [3.8, 4) is 11.5 Å². The SMILES string of the molecule is CN(Cc1ccc(Oc2cccnc2)cc1)C1C[C@@H]2CN(C(=O)n3cc(Cl)cn3)C[C@@H]2C1. The number of carbonyl (C=O) groups is 1. The van der Waals surface area contributed by atoms with Gasteiger partial charge in [0.25, 0.3) is 0 Å². The molecule has 8 heteroatoms. The number of aromatic nitrogens is 3. The largest absolute Gasteiger partial charge is 0.456 e. The third kappa shape index (κ3) is 4.49. The van der Waals surface area contributed by atoms with Crippen LogP contribution in [0, 0.1) is 11.8 Å². The number of likely N-dealkylation sites (tertiary alicyclic amines) is 1. The van der Waals surface area contributed by atoms with Crippen LogP contribution in [0.5, 0.6) is 11.5 Å². The van der Waals surface area contributed by atoms with Crippen LogP contribution < -0.4 is 4.74 Å². The van der Waals surface area contributed by atoms with Crippen molar-refractivity contribution < 1.29 is 9.53 Å². The molecule has 1 amide bonds. The van der Waals surface area contributed by atoms with Crippen LogP contribution in [-0.2, 0) is 6.54 Å². The highest BCUT2D eigenvalue weighted by Crippen LogP contribution is 2.40. The van der Waals surface area contributed by atoms with Crippen molar-refractivity contribution in [2.24, 2.45) is 11.8 Å². The molecule has 2 aliphatic rings. The van der Waals surface area contributed by atoms with E-state index in [1.807, 2.05) is 29.2 Å². The average molecular weight is 452 g/mol. The predicted octanol–water partition coefficient (Wildman–Crippen LogP) is 4.53. The van der Waals surface area contributed by atoms with Gasteiger partial charge in [0.05, 0.1) is 23.6 Å². The number of hydrogen-bond donors (Lipinski definition) is 0. The Balaban J connectivity index is 1.13. The molecule has 0 radical (unpaired) electrons. The second kappa shape index (κ2) is 8.92. The van der Waals surface area contributed by atoms with Gasteiger partial charge in [0.1, 0.15) is 11.5 Å². The van der Waals surface area contributed by atoms with Crippen molar-refractivity contribution >= 4 is 17.6 Å². The highest BCUT2D eigenvalue weighted by atomic mass is 35.5. The van der Waals surface area contributed by atoms with E-state index in [4.69, 9.17) is 16.3 Å². The normalized spacial score (nSPS) is 22.3. The minimum atomic E-state index is -0.0789. The zero-order chi connectivity index (χ0) is 22.1. The molecule has 0 N–H and O–H groups in total. The van der Waals surface area contributed by atoms with Gasteiger partial charge < -0.3 is 9.64 Å². The van der Waals surface area contributed by atoms with E-state index in [0.717, 1.165) is 44.0 Å². The van der Waals surface area contributed by atoms with Crippen LogP contribution >= 0.6 is 11.6 Å². The molecule has 3 aromatic rings. The Bertz CT molecular complexity index is 1060. The summed E-state index contributed by atoms with van der Waals surface area (Å²) < 4.78 is 7.17. The first-order valence-electron chi connectivity index (χ1n) is 10.9. The van der Waals surface area contributed by atoms with Crippen LogP contribution in [0.2, 0.25) is 5.02 Å². The fourth-order valence-electron chi connectivity index (χ4n) is 4.96. The van der Waals surface area contributed by atoms with Crippen LogP contribution in [0.1, 0.15) is 18.4 Å². The summed E-state index contributed by atoms with van der Waals surface area (Å²) in [5.74, 6) is 2.64. The van der Waals surface area contributed by atoms with E-state index in [1.54, 1.807) is 18.6 Å². The van der Waals surface area contributed by atoms with Gasteiger partial charge in [-0.3, -0.25) is 9.88 Å². The lowest BCUT2D eigenvalue weighted by molar-refractivity contribution is 0.192. The van der Waals surface area contributed by atoms with Crippen LogP contribution in [-0.4, -0.2) is 56.8 Å².